The normalized spacial score (nSPS) is 19.0. The molecule has 8 heteroatoms. The van der Waals surface area contributed by atoms with E-state index >= 15 is 0 Å². The molecule has 0 saturated carbocycles. The third-order valence-corrected chi connectivity index (χ3v) is 7.63. The van der Waals surface area contributed by atoms with E-state index < -0.39 is 10.0 Å². The molecule has 1 fully saturated rings. The van der Waals surface area contributed by atoms with Crippen molar-refractivity contribution in [3.63, 3.8) is 0 Å². The average molecular weight is 396 g/mol. The first-order valence-corrected chi connectivity index (χ1v) is 11.4. The minimum Gasteiger partial charge on any atom is -0.302 e. The van der Waals surface area contributed by atoms with Crippen LogP contribution in [0.4, 0.5) is 5.13 Å². The fourth-order valence-electron chi connectivity index (χ4n) is 3.43. The van der Waals surface area contributed by atoms with Crippen LogP contribution in [0, 0.1) is 19.8 Å². The average Bonchev–Trinajstić information content (AvgIpc) is 2.97. The van der Waals surface area contributed by atoms with Crippen LogP contribution in [-0.4, -0.2) is 42.5 Å². The van der Waals surface area contributed by atoms with Gasteiger partial charge in [0.1, 0.15) is 0 Å². The molecule has 0 radical (unpaired) electrons. The second kappa shape index (κ2) is 7.62. The summed E-state index contributed by atoms with van der Waals surface area (Å²) in [5, 5.41) is 3.47. The maximum atomic E-state index is 12.7. The fourth-order valence-corrected chi connectivity index (χ4v) is 6.06. The lowest BCUT2D eigenvalue weighted by molar-refractivity contribution is -0.120. The summed E-state index contributed by atoms with van der Waals surface area (Å²) in [6, 6.07) is 4.14. The summed E-state index contributed by atoms with van der Waals surface area (Å²) in [6.07, 6.45) is 1.99. The first-order chi connectivity index (χ1) is 12.3. The number of anilines is 1. The van der Waals surface area contributed by atoms with Crippen molar-refractivity contribution in [2.24, 2.45) is 5.92 Å². The van der Waals surface area contributed by atoms with Crippen molar-refractivity contribution in [3.05, 3.63) is 23.3 Å². The highest BCUT2D eigenvalue weighted by Gasteiger charge is 2.32. The van der Waals surface area contributed by atoms with Crippen LogP contribution in [0.15, 0.2) is 12.1 Å². The number of amides is 1. The van der Waals surface area contributed by atoms with Gasteiger partial charge in [0.2, 0.25) is 15.9 Å². The van der Waals surface area contributed by atoms with Crippen molar-refractivity contribution in [2.75, 3.05) is 24.2 Å². The van der Waals surface area contributed by atoms with E-state index in [0.717, 1.165) is 15.8 Å². The third kappa shape index (κ3) is 4.07. The maximum absolute atomic E-state index is 12.7. The van der Waals surface area contributed by atoms with E-state index in [1.165, 1.54) is 21.2 Å². The van der Waals surface area contributed by atoms with Gasteiger partial charge in [0.15, 0.2) is 5.13 Å². The lowest BCUT2D eigenvalue weighted by atomic mass is 9.99. The van der Waals surface area contributed by atoms with Crippen LogP contribution < -0.4 is 5.32 Å². The summed E-state index contributed by atoms with van der Waals surface area (Å²) in [5.41, 5.74) is 3.17. The lowest BCUT2D eigenvalue weighted by Gasteiger charge is -2.30. The van der Waals surface area contributed by atoms with E-state index in [4.69, 9.17) is 0 Å². The molecule has 1 aromatic heterocycles. The molecule has 0 aliphatic carbocycles. The van der Waals surface area contributed by atoms with Crippen LogP contribution in [-0.2, 0) is 14.8 Å². The number of carbonyl (C=O) groups excluding carboxylic acids is 1. The van der Waals surface area contributed by atoms with E-state index in [9.17, 15) is 13.2 Å². The number of aromatic nitrogens is 1. The Morgan fingerprint density at radius 2 is 2.15 bits per heavy atom. The van der Waals surface area contributed by atoms with Crippen molar-refractivity contribution in [1.82, 2.24) is 9.29 Å². The smallest absolute Gasteiger partial charge is 0.230 e. The number of nitrogens with zero attached hydrogens (tertiary/aromatic N) is 2. The Morgan fingerprint density at radius 1 is 1.38 bits per heavy atom. The van der Waals surface area contributed by atoms with Gasteiger partial charge in [-0.15, -0.1) is 0 Å². The van der Waals surface area contributed by atoms with Crippen molar-refractivity contribution < 1.29 is 13.2 Å². The number of sulfonamides is 1. The molecule has 1 aliphatic heterocycles. The number of piperidine rings is 1. The van der Waals surface area contributed by atoms with Gasteiger partial charge in [-0.3, -0.25) is 4.79 Å². The molecule has 1 N–H and O–H groups in total. The fraction of sp³-hybridized carbons (Fsp3) is 0.556. The Bertz CT molecular complexity index is 921. The summed E-state index contributed by atoms with van der Waals surface area (Å²) in [7, 11) is -3.26. The molecule has 1 unspecified atom stereocenters. The number of rotatable bonds is 5. The number of hydrogen-bond donors (Lipinski definition) is 1. The van der Waals surface area contributed by atoms with Gasteiger partial charge in [0, 0.05) is 13.1 Å². The molecule has 0 bridgehead atoms. The van der Waals surface area contributed by atoms with Gasteiger partial charge in [0.05, 0.1) is 21.9 Å². The first-order valence-electron chi connectivity index (χ1n) is 8.96. The Labute approximate surface area is 158 Å². The molecule has 0 spiro atoms. The van der Waals surface area contributed by atoms with E-state index in [-0.39, 0.29) is 24.1 Å². The number of carbonyl (C=O) groups is 1. The molecule has 2 heterocycles. The zero-order valence-electron chi connectivity index (χ0n) is 15.4. The molecule has 1 atom stereocenters. The van der Waals surface area contributed by atoms with Crippen molar-refractivity contribution in [2.45, 2.75) is 40.0 Å². The molecular formula is C18H25N3O3S2. The van der Waals surface area contributed by atoms with E-state index in [1.54, 1.807) is 0 Å². The van der Waals surface area contributed by atoms with Crippen LogP contribution >= 0.6 is 11.3 Å². The number of thiazole rings is 1. The number of benzene rings is 1. The maximum Gasteiger partial charge on any atom is 0.230 e. The zero-order chi connectivity index (χ0) is 18.9. The molecule has 1 saturated heterocycles. The van der Waals surface area contributed by atoms with Gasteiger partial charge in [-0.25, -0.2) is 17.7 Å². The summed E-state index contributed by atoms with van der Waals surface area (Å²) in [4.78, 5) is 17.2. The number of nitrogens with one attached hydrogen (secondary N) is 1. The number of aryl methyl sites for hydroxylation is 2. The van der Waals surface area contributed by atoms with Gasteiger partial charge in [-0.2, -0.15) is 0 Å². The second-order valence-corrected chi connectivity index (χ2v) is 10.1. The molecule has 2 aromatic rings. The molecular weight excluding hydrogens is 370 g/mol. The molecule has 6 nitrogen and oxygen atoms in total. The summed E-state index contributed by atoms with van der Waals surface area (Å²) in [6.45, 7) is 6.67. The van der Waals surface area contributed by atoms with Crippen LogP contribution in [0.3, 0.4) is 0 Å². The minimum absolute atomic E-state index is 0.137. The number of hydrogen-bond acceptors (Lipinski definition) is 5. The van der Waals surface area contributed by atoms with Crippen LogP contribution in [0.25, 0.3) is 10.2 Å². The first kappa shape index (κ1) is 19.3. The zero-order valence-corrected chi connectivity index (χ0v) is 17.0. The van der Waals surface area contributed by atoms with Gasteiger partial charge in [-0.1, -0.05) is 24.3 Å². The molecule has 142 valence electrons. The number of fused-ring (bicyclic) bond motifs is 1. The molecule has 26 heavy (non-hydrogen) atoms. The van der Waals surface area contributed by atoms with E-state index in [1.807, 2.05) is 20.8 Å². The molecule has 3 rings (SSSR count). The third-order valence-electron chi connectivity index (χ3n) is 4.67. The van der Waals surface area contributed by atoms with Gasteiger partial charge >= 0.3 is 0 Å². The van der Waals surface area contributed by atoms with Crippen molar-refractivity contribution >= 4 is 42.6 Å². The van der Waals surface area contributed by atoms with Crippen molar-refractivity contribution in [1.29, 1.82) is 0 Å². The highest BCUT2D eigenvalue weighted by Crippen LogP contribution is 2.30. The van der Waals surface area contributed by atoms with Crippen LogP contribution in [0.1, 0.15) is 37.3 Å². The van der Waals surface area contributed by atoms with E-state index in [0.29, 0.717) is 30.9 Å². The minimum atomic E-state index is -3.26. The van der Waals surface area contributed by atoms with E-state index in [2.05, 4.69) is 22.4 Å². The highest BCUT2D eigenvalue weighted by molar-refractivity contribution is 7.89. The van der Waals surface area contributed by atoms with Gasteiger partial charge < -0.3 is 5.32 Å². The van der Waals surface area contributed by atoms with Crippen LogP contribution in [0.2, 0.25) is 0 Å². The Morgan fingerprint density at radius 3 is 2.88 bits per heavy atom. The Balaban J connectivity index is 1.72. The summed E-state index contributed by atoms with van der Waals surface area (Å²) < 4.78 is 27.1. The van der Waals surface area contributed by atoms with Crippen molar-refractivity contribution in [3.8, 4) is 0 Å². The van der Waals surface area contributed by atoms with Gasteiger partial charge in [-0.05, 0) is 50.3 Å². The molecule has 1 aliphatic rings. The molecule has 1 amide bonds. The summed E-state index contributed by atoms with van der Waals surface area (Å²) >= 11 is 1.46. The highest BCUT2D eigenvalue weighted by atomic mass is 32.2. The Hall–Kier alpha value is -1.51. The lowest BCUT2D eigenvalue weighted by Crippen LogP contribution is -2.44. The SMILES string of the molecule is CCCS(=O)(=O)N1CCCC(C(=O)Nc2nc3c(C)cc(C)cc3s2)C1. The quantitative estimate of drug-likeness (QED) is 0.842. The topological polar surface area (TPSA) is 79.4 Å². The standard InChI is InChI=1S/C18H25N3O3S2/c1-4-8-26(23,24)21-7-5-6-14(11-21)17(22)20-18-19-16-13(3)9-12(2)10-15(16)25-18/h9-10,14H,4-8,11H2,1-3H3,(H,19,20,22). The van der Waals surface area contributed by atoms with Crippen LogP contribution in [0.5, 0.6) is 0 Å². The largest absolute Gasteiger partial charge is 0.302 e. The Kier molecular flexibility index (Phi) is 5.64. The monoisotopic (exact) mass is 395 g/mol. The predicted molar refractivity (Wildman–Crippen MR) is 106 cm³/mol. The predicted octanol–water partition coefficient (Wildman–Crippen LogP) is 3.30. The van der Waals surface area contributed by atoms with Gasteiger partial charge in [0.25, 0.3) is 0 Å². The second-order valence-electron chi connectivity index (χ2n) is 6.95. The molecule has 1 aromatic carbocycles. The summed E-state index contributed by atoms with van der Waals surface area (Å²) in [5.74, 6) is -0.335.